The Morgan fingerprint density at radius 2 is 1.65 bits per heavy atom. The van der Waals surface area contributed by atoms with Crippen LogP contribution >= 0.6 is 11.6 Å². The van der Waals surface area contributed by atoms with Crippen molar-refractivity contribution in [2.75, 3.05) is 16.8 Å². The number of rotatable bonds is 7. The SMILES string of the molecule is Cc1ccccc1C(=O)Nc1ccc(C(=O)N2CCCC(OC(=O)[C@@H](NC(=O)OC(C)(C)C)C(C)C)c3cc(Cl)ccc32)c(C)c1. The average Bonchev–Trinajstić information content (AvgIpc) is 3.13. The molecule has 0 aliphatic carbocycles. The number of nitrogens with one attached hydrogen (secondary N) is 2. The second-order valence-corrected chi connectivity index (χ2v) is 13.3. The van der Waals surface area contributed by atoms with Gasteiger partial charge in [-0.1, -0.05) is 43.6 Å². The Kier molecular flexibility index (Phi) is 10.8. The van der Waals surface area contributed by atoms with Crippen LogP contribution < -0.4 is 15.5 Å². The summed E-state index contributed by atoms with van der Waals surface area (Å²) in [6, 6.07) is 16.8. The highest BCUT2D eigenvalue weighted by Crippen LogP contribution is 2.38. The number of alkyl carbamates (subject to hydrolysis) is 1. The van der Waals surface area contributed by atoms with Gasteiger partial charge in [0, 0.05) is 33.9 Å². The molecule has 4 rings (SSSR count). The van der Waals surface area contributed by atoms with Crippen molar-refractivity contribution in [2.24, 2.45) is 5.92 Å². The first-order chi connectivity index (χ1) is 21.6. The molecule has 10 heteroatoms. The van der Waals surface area contributed by atoms with Crippen LogP contribution in [-0.2, 0) is 14.3 Å². The van der Waals surface area contributed by atoms with Gasteiger partial charge in [-0.3, -0.25) is 9.59 Å². The number of amides is 3. The quantitative estimate of drug-likeness (QED) is 0.253. The molecule has 2 N–H and O–H groups in total. The van der Waals surface area contributed by atoms with Crippen molar-refractivity contribution in [3.05, 3.63) is 93.5 Å². The summed E-state index contributed by atoms with van der Waals surface area (Å²) in [6.45, 7) is 12.9. The zero-order chi connectivity index (χ0) is 33.8. The lowest BCUT2D eigenvalue weighted by atomic mass is 10.0. The lowest BCUT2D eigenvalue weighted by molar-refractivity contribution is -0.153. The minimum absolute atomic E-state index is 0.225. The maximum Gasteiger partial charge on any atom is 0.408 e. The number of aryl methyl sites for hydroxylation is 2. The zero-order valence-corrected chi connectivity index (χ0v) is 28.2. The summed E-state index contributed by atoms with van der Waals surface area (Å²) in [5.41, 5.74) is 3.67. The highest BCUT2D eigenvalue weighted by atomic mass is 35.5. The van der Waals surface area contributed by atoms with E-state index in [9.17, 15) is 19.2 Å². The molecule has 2 atom stereocenters. The summed E-state index contributed by atoms with van der Waals surface area (Å²) in [7, 11) is 0. The van der Waals surface area contributed by atoms with E-state index < -0.39 is 29.8 Å². The minimum atomic E-state index is -0.939. The molecule has 1 heterocycles. The van der Waals surface area contributed by atoms with Gasteiger partial charge in [0.05, 0.1) is 5.69 Å². The third-order valence-corrected chi connectivity index (χ3v) is 7.91. The van der Waals surface area contributed by atoms with Gasteiger partial charge in [-0.05, 0) is 107 Å². The molecular formula is C36H42ClN3O6. The maximum absolute atomic E-state index is 14.0. The standard InChI is InChI=1S/C36H42ClN3O6/c1-21(2)31(39-35(44)46-36(5,6)7)34(43)45-30-13-10-18-40(29-17-14-24(37)20-28(29)30)33(42)27-16-15-25(19-23(27)4)38-32(41)26-12-9-8-11-22(26)3/h8-9,11-12,14-17,19-21,30-31H,10,13,18H2,1-7H3,(H,38,41)(H,39,44)/t30?,31-/m0/s1. The van der Waals surface area contributed by atoms with E-state index >= 15 is 0 Å². The van der Waals surface area contributed by atoms with Gasteiger partial charge in [0.25, 0.3) is 11.8 Å². The van der Waals surface area contributed by atoms with E-state index in [4.69, 9.17) is 21.1 Å². The molecule has 244 valence electrons. The Morgan fingerprint density at radius 3 is 2.30 bits per heavy atom. The highest BCUT2D eigenvalue weighted by Gasteiger charge is 2.34. The molecule has 0 bridgehead atoms. The number of fused-ring (bicyclic) bond motifs is 1. The van der Waals surface area contributed by atoms with Crippen molar-refractivity contribution in [1.82, 2.24) is 5.32 Å². The van der Waals surface area contributed by atoms with Gasteiger partial charge in [-0.25, -0.2) is 9.59 Å². The fourth-order valence-corrected chi connectivity index (χ4v) is 5.55. The maximum atomic E-state index is 14.0. The molecule has 1 unspecified atom stereocenters. The highest BCUT2D eigenvalue weighted by molar-refractivity contribution is 6.30. The molecule has 0 spiro atoms. The molecule has 0 saturated heterocycles. The van der Waals surface area contributed by atoms with Crippen molar-refractivity contribution in [2.45, 2.75) is 79.1 Å². The molecule has 46 heavy (non-hydrogen) atoms. The largest absolute Gasteiger partial charge is 0.456 e. The van der Waals surface area contributed by atoms with E-state index in [1.54, 1.807) is 68.1 Å². The number of hydrogen-bond acceptors (Lipinski definition) is 6. The van der Waals surface area contributed by atoms with Gasteiger partial charge in [0.2, 0.25) is 0 Å². The summed E-state index contributed by atoms with van der Waals surface area (Å²) in [6.07, 6.45) is -0.407. The third-order valence-electron chi connectivity index (χ3n) is 7.68. The fraction of sp³-hybridized carbons (Fsp3) is 0.389. The van der Waals surface area contributed by atoms with Crippen molar-refractivity contribution in [1.29, 1.82) is 0 Å². The molecule has 3 aromatic rings. The van der Waals surface area contributed by atoms with Crippen LogP contribution in [0, 0.1) is 19.8 Å². The number of anilines is 2. The molecule has 0 radical (unpaired) electrons. The van der Waals surface area contributed by atoms with Gasteiger partial charge in [-0.15, -0.1) is 0 Å². The summed E-state index contributed by atoms with van der Waals surface area (Å²) in [5.74, 6) is -1.32. The lowest BCUT2D eigenvalue weighted by Gasteiger charge is -2.27. The average molecular weight is 648 g/mol. The molecule has 3 aromatic carbocycles. The Labute approximate surface area is 275 Å². The molecule has 1 aliphatic heterocycles. The fourth-order valence-electron chi connectivity index (χ4n) is 5.37. The third kappa shape index (κ3) is 8.46. The smallest absolute Gasteiger partial charge is 0.408 e. The topological polar surface area (TPSA) is 114 Å². The van der Waals surface area contributed by atoms with E-state index in [-0.39, 0.29) is 17.7 Å². The van der Waals surface area contributed by atoms with E-state index in [2.05, 4.69) is 10.6 Å². The van der Waals surface area contributed by atoms with Crippen LogP contribution in [0.3, 0.4) is 0 Å². The van der Waals surface area contributed by atoms with Gasteiger partial charge in [0.1, 0.15) is 17.7 Å². The second-order valence-electron chi connectivity index (χ2n) is 12.9. The Hall–Kier alpha value is -4.37. The van der Waals surface area contributed by atoms with Crippen LogP contribution in [0.4, 0.5) is 16.2 Å². The van der Waals surface area contributed by atoms with Gasteiger partial charge in [0.15, 0.2) is 0 Å². The summed E-state index contributed by atoms with van der Waals surface area (Å²) in [4.78, 5) is 54.4. The lowest BCUT2D eigenvalue weighted by Crippen LogP contribution is -2.47. The number of nitrogens with zero attached hydrogens (tertiary/aromatic N) is 1. The number of hydrogen-bond donors (Lipinski definition) is 2. The summed E-state index contributed by atoms with van der Waals surface area (Å²) >= 11 is 6.41. The van der Waals surface area contributed by atoms with Crippen LogP contribution in [0.15, 0.2) is 60.7 Å². The Bertz CT molecular complexity index is 1630. The van der Waals surface area contributed by atoms with Crippen LogP contribution in [0.5, 0.6) is 0 Å². The minimum Gasteiger partial charge on any atom is -0.456 e. The van der Waals surface area contributed by atoms with E-state index in [0.717, 1.165) is 5.56 Å². The molecule has 3 amide bonds. The van der Waals surface area contributed by atoms with Crippen molar-refractivity contribution >= 4 is 46.9 Å². The van der Waals surface area contributed by atoms with Gasteiger partial charge >= 0.3 is 12.1 Å². The number of carbonyl (C=O) groups excluding carboxylic acids is 4. The normalized spacial score (nSPS) is 15.3. The van der Waals surface area contributed by atoms with E-state index in [0.29, 0.717) is 58.0 Å². The number of esters is 1. The van der Waals surface area contributed by atoms with Gasteiger partial charge in [-0.2, -0.15) is 0 Å². The van der Waals surface area contributed by atoms with Crippen molar-refractivity contribution < 1.29 is 28.7 Å². The molecule has 0 aromatic heterocycles. The predicted octanol–water partition coefficient (Wildman–Crippen LogP) is 7.78. The number of halogens is 1. The van der Waals surface area contributed by atoms with E-state index in [1.165, 1.54) is 0 Å². The predicted molar refractivity (Wildman–Crippen MR) is 180 cm³/mol. The monoisotopic (exact) mass is 647 g/mol. The molecule has 0 fully saturated rings. The Balaban J connectivity index is 1.55. The van der Waals surface area contributed by atoms with Crippen LogP contribution in [0.25, 0.3) is 0 Å². The summed E-state index contributed by atoms with van der Waals surface area (Å²) in [5, 5.41) is 6.00. The number of carbonyl (C=O) groups is 4. The zero-order valence-electron chi connectivity index (χ0n) is 27.4. The molecule has 0 saturated carbocycles. The van der Waals surface area contributed by atoms with Gasteiger partial charge < -0.3 is 25.0 Å². The first kappa shape index (κ1) is 34.5. The van der Waals surface area contributed by atoms with E-state index in [1.807, 2.05) is 45.9 Å². The van der Waals surface area contributed by atoms with Crippen LogP contribution in [0.2, 0.25) is 5.02 Å². The van der Waals surface area contributed by atoms with Crippen molar-refractivity contribution in [3.8, 4) is 0 Å². The number of ether oxygens (including phenoxy) is 2. The molecule has 1 aliphatic rings. The van der Waals surface area contributed by atoms with Crippen molar-refractivity contribution in [3.63, 3.8) is 0 Å². The summed E-state index contributed by atoms with van der Waals surface area (Å²) < 4.78 is 11.4. The Morgan fingerprint density at radius 1 is 0.935 bits per heavy atom. The first-order valence-corrected chi connectivity index (χ1v) is 15.8. The van der Waals surface area contributed by atoms with Crippen LogP contribution in [-0.4, -0.2) is 42.1 Å². The molecule has 9 nitrogen and oxygen atoms in total. The first-order valence-electron chi connectivity index (χ1n) is 15.4. The molecular weight excluding hydrogens is 606 g/mol. The van der Waals surface area contributed by atoms with Crippen LogP contribution in [0.1, 0.15) is 91.0 Å². The second kappa shape index (κ2) is 14.4. The number of benzene rings is 3.